The lowest BCUT2D eigenvalue weighted by Gasteiger charge is -2.27. The number of benzene rings is 2. The number of ether oxygens (including phenoxy) is 2. The third-order valence-corrected chi connectivity index (χ3v) is 9.11. The van der Waals surface area contributed by atoms with Crippen LogP contribution in [0, 0.1) is 10.1 Å². The summed E-state index contributed by atoms with van der Waals surface area (Å²) in [5.41, 5.74) is 2.12. The Hall–Kier alpha value is -3.93. The van der Waals surface area contributed by atoms with Gasteiger partial charge in [-0.25, -0.2) is 17.9 Å². The molecule has 1 aliphatic heterocycles. The van der Waals surface area contributed by atoms with Gasteiger partial charge in [-0.3, -0.25) is 10.1 Å². The van der Waals surface area contributed by atoms with E-state index in [1.54, 1.807) is 12.1 Å². The number of fused-ring (bicyclic) bond motifs is 1. The maximum atomic E-state index is 12.4. The van der Waals surface area contributed by atoms with Crippen molar-refractivity contribution in [2.24, 2.45) is 0 Å². The largest absolute Gasteiger partial charge is 0.514 e. The zero-order valence-electron chi connectivity index (χ0n) is 22.6. The Morgan fingerprint density at radius 3 is 2.45 bits per heavy atom. The first kappa shape index (κ1) is 27.6. The molecule has 0 saturated heterocycles. The predicted molar refractivity (Wildman–Crippen MR) is 148 cm³/mol. The molecule has 3 aromatic rings. The maximum Gasteiger partial charge on any atom is 0.514 e. The number of rotatable bonds is 6. The van der Waals surface area contributed by atoms with Crippen molar-refractivity contribution in [2.45, 2.75) is 75.3 Å². The minimum absolute atomic E-state index is 0.0908. The lowest BCUT2D eigenvalue weighted by Crippen LogP contribution is -2.26. The average molecular weight is 569 g/mol. The van der Waals surface area contributed by atoms with E-state index < -0.39 is 20.9 Å². The van der Waals surface area contributed by atoms with Crippen LogP contribution in [0.4, 0.5) is 22.0 Å². The van der Waals surface area contributed by atoms with Gasteiger partial charge in [-0.15, -0.1) is 0 Å². The average Bonchev–Trinajstić information content (AvgIpc) is 3.46. The fourth-order valence-corrected chi connectivity index (χ4v) is 6.85. The molecule has 40 heavy (non-hydrogen) atoms. The number of nitrogens with one attached hydrogen (secondary N) is 1. The van der Waals surface area contributed by atoms with Crippen molar-refractivity contribution >= 4 is 33.2 Å². The molecule has 212 valence electrons. The first-order valence-electron chi connectivity index (χ1n) is 13.3. The van der Waals surface area contributed by atoms with Crippen LogP contribution in [0.3, 0.4) is 0 Å². The van der Waals surface area contributed by atoms with Crippen LogP contribution in [-0.4, -0.2) is 41.1 Å². The van der Waals surface area contributed by atoms with Crippen molar-refractivity contribution in [1.82, 2.24) is 9.78 Å². The summed E-state index contributed by atoms with van der Waals surface area (Å²) < 4.78 is 37.4. The van der Waals surface area contributed by atoms with Crippen LogP contribution < -0.4 is 10.1 Å². The standard InChI is InChI=1S/C28H32N4O7S/c1-28(2,3)31-26(29-23-5-4-6-25-22(23)15-16-40(25,36)37)17-24(30-31)18-7-11-20(12-8-18)38-27(33)39-21-13-9-19(10-14-21)32(34)35/h4-6,9-10,13-14,17-18,20,29H,7-8,11-12,15-16H2,1-3H3. The molecule has 5 rings (SSSR count). The Bertz CT molecular complexity index is 1530. The number of nitrogens with zero attached hydrogens (tertiary/aromatic N) is 3. The number of nitro benzene ring substituents is 1. The number of sulfone groups is 1. The van der Waals surface area contributed by atoms with Crippen molar-refractivity contribution in [3.63, 3.8) is 0 Å². The highest BCUT2D eigenvalue weighted by Crippen LogP contribution is 2.38. The molecule has 2 heterocycles. The summed E-state index contributed by atoms with van der Waals surface area (Å²) >= 11 is 0. The molecule has 0 atom stereocenters. The van der Waals surface area contributed by atoms with Crippen molar-refractivity contribution in [1.29, 1.82) is 0 Å². The van der Waals surface area contributed by atoms with Gasteiger partial charge in [0, 0.05) is 29.8 Å². The fraction of sp³-hybridized carbons (Fsp3) is 0.429. The molecule has 11 nitrogen and oxygen atoms in total. The Labute approximate surface area is 232 Å². The number of hydrogen-bond acceptors (Lipinski definition) is 9. The lowest BCUT2D eigenvalue weighted by molar-refractivity contribution is -0.384. The number of carbonyl (C=O) groups is 1. The van der Waals surface area contributed by atoms with Gasteiger partial charge in [-0.2, -0.15) is 5.10 Å². The van der Waals surface area contributed by atoms with E-state index in [9.17, 15) is 23.3 Å². The van der Waals surface area contributed by atoms with Gasteiger partial charge in [0.15, 0.2) is 9.84 Å². The van der Waals surface area contributed by atoms with Crippen LogP contribution in [0.15, 0.2) is 53.4 Å². The predicted octanol–water partition coefficient (Wildman–Crippen LogP) is 5.86. The van der Waals surface area contributed by atoms with Crippen molar-refractivity contribution < 1.29 is 27.6 Å². The lowest BCUT2D eigenvalue weighted by atomic mass is 9.85. The molecule has 0 unspecified atom stereocenters. The summed E-state index contributed by atoms with van der Waals surface area (Å²) in [5, 5.41) is 19.2. The van der Waals surface area contributed by atoms with E-state index in [-0.39, 0.29) is 34.8 Å². The molecule has 1 N–H and O–H groups in total. The van der Waals surface area contributed by atoms with E-state index in [2.05, 4.69) is 26.1 Å². The highest BCUT2D eigenvalue weighted by Gasteiger charge is 2.31. The number of carbonyl (C=O) groups excluding carboxylic acids is 1. The highest BCUT2D eigenvalue weighted by molar-refractivity contribution is 7.91. The van der Waals surface area contributed by atoms with Gasteiger partial charge in [-0.05, 0) is 82.7 Å². The first-order chi connectivity index (χ1) is 18.9. The van der Waals surface area contributed by atoms with E-state index in [1.807, 2.05) is 16.8 Å². The second-order valence-corrected chi connectivity index (χ2v) is 13.3. The number of aromatic nitrogens is 2. The van der Waals surface area contributed by atoms with E-state index >= 15 is 0 Å². The van der Waals surface area contributed by atoms with Crippen LogP contribution >= 0.6 is 0 Å². The van der Waals surface area contributed by atoms with Gasteiger partial charge < -0.3 is 14.8 Å². The second-order valence-electron chi connectivity index (χ2n) is 11.2. The summed E-state index contributed by atoms with van der Waals surface area (Å²) in [4.78, 5) is 22.9. The van der Waals surface area contributed by atoms with Gasteiger partial charge >= 0.3 is 6.16 Å². The molecular weight excluding hydrogens is 536 g/mol. The van der Waals surface area contributed by atoms with Crippen LogP contribution in [0.25, 0.3) is 0 Å². The van der Waals surface area contributed by atoms with Gasteiger partial charge in [-0.1, -0.05) is 6.07 Å². The second kappa shape index (κ2) is 10.6. The van der Waals surface area contributed by atoms with E-state index in [0.717, 1.165) is 35.6 Å². The zero-order valence-corrected chi connectivity index (χ0v) is 23.4. The SMILES string of the molecule is CC(C)(C)n1nc(C2CCC(OC(=O)Oc3ccc([N+](=O)[O-])cc3)CC2)cc1Nc1cccc2c1CCS2(=O)=O. The Morgan fingerprint density at radius 1 is 1.10 bits per heavy atom. The van der Waals surface area contributed by atoms with E-state index in [0.29, 0.717) is 24.2 Å². The van der Waals surface area contributed by atoms with Gasteiger partial charge in [0.1, 0.15) is 17.7 Å². The van der Waals surface area contributed by atoms with Crippen LogP contribution in [0.2, 0.25) is 0 Å². The highest BCUT2D eigenvalue weighted by atomic mass is 32.2. The quantitative estimate of drug-likeness (QED) is 0.167. The van der Waals surface area contributed by atoms with E-state index in [4.69, 9.17) is 14.6 Å². The number of anilines is 2. The molecule has 0 spiro atoms. The molecule has 0 radical (unpaired) electrons. The summed E-state index contributed by atoms with van der Waals surface area (Å²) in [7, 11) is -3.24. The molecular formula is C28H32N4O7S. The van der Waals surface area contributed by atoms with Crippen molar-refractivity contribution in [3.05, 3.63) is 69.9 Å². The van der Waals surface area contributed by atoms with Crippen molar-refractivity contribution in [3.8, 4) is 5.75 Å². The molecule has 1 aliphatic carbocycles. The summed E-state index contributed by atoms with van der Waals surface area (Å²) in [6.07, 6.45) is 2.19. The molecule has 12 heteroatoms. The Kier molecular flexibility index (Phi) is 7.30. The molecule has 0 bridgehead atoms. The molecule has 2 aromatic carbocycles. The van der Waals surface area contributed by atoms with Crippen molar-refractivity contribution in [2.75, 3.05) is 11.1 Å². The van der Waals surface area contributed by atoms with Gasteiger partial charge in [0.2, 0.25) is 0 Å². The van der Waals surface area contributed by atoms with Crippen LogP contribution in [0.1, 0.15) is 63.6 Å². The van der Waals surface area contributed by atoms with Gasteiger partial charge in [0.25, 0.3) is 5.69 Å². The summed E-state index contributed by atoms with van der Waals surface area (Å²) in [5.74, 6) is 1.28. The number of non-ortho nitro benzene ring substituents is 1. The monoisotopic (exact) mass is 568 g/mol. The topological polar surface area (TPSA) is 143 Å². The summed E-state index contributed by atoms with van der Waals surface area (Å²) in [6.45, 7) is 6.20. The third kappa shape index (κ3) is 5.81. The summed E-state index contributed by atoms with van der Waals surface area (Å²) in [6, 6.07) is 12.6. The minimum atomic E-state index is -3.24. The number of hydrogen-bond donors (Lipinski definition) is 1. The molecule has 1 aromatic heterocycles. The number of nitro groups is 1. The van der Waals surface area contributed by atoms with E-state index in [1.165, 1.54) is 24.3 Å². The minimum Gasteiger partial charge on any atom is -0.431 e. The molecule has 1 fully saturated rings. The van der Waals surface area contributed by atoms with Gasteiger partial charge in [0.05, 0.1) is 26.8 Å². The normalized spacial score (nSPS) is 20.0. The first-order valence-corrected chi connectivity index (χ1v) is 14.9. The maximum absolute atomic E-state index is 12.4. The fourth-order valence-electron chi connectivity index (χ4n) is 5.28. The third-order valence-electron chi connectivity index (χ3n) is 7.32. The molecule has 0 amide bonds. The Morgan fingerprint density at radius 2 is 1.80 bits per heavy atom. The van der Waals surface area contributed by atoms with Crippen LogP contribution in [-0.2, 0) is 26.5 Å². The Balaban J connectivity index is 1.24. The molecule has 2 aliphatic rings. The van der Waals surface area contributed by atoms with Crippen LogP contribution in [0.5, 0.6) is 5.75 Å². The smallest absolute Gasteiger partial charge is 0.431 e. The molecule has 1 saturated carbocycles. The zero-order chi connectivity index (χ0) is 28.7.